The summed E-state index contributed by atoms with van der Waals surface area (Å²) in [6.45, 7) is 2.16. The third kappa shape index (κ3) is 3.42. The summed E-state index contributed by atoms with van der Waals surface area (Å²) in [5.74, 6) is 2.00. The molecule has 2 heterocycles. The first-order valence-corrected chi connectivity index (χ1v) is 8.04. The third-order valence-electron chi connectivity index (χ3n) is 3.04. The molecule has 1 amide bonds. The van der Waals surface area contributed by atoms with Crippen LogP contribution < -0.4 is 11.1 Å². The number of hydrogen-bond donors (Lipinski definition) is 3. The second-order valence-electron chi connectivity index (χ2n) is 4.50. The van der Waals surface area contributed by atoms with E-state index in [1.54, 1.807) is 18.3 Å². The van der Waals surface area contributed by atoms with Crippen LogP contribution in [0.3, 0.4) is 0 Å². The first kappa shape index (κ1) is 14.2. The standard InChI is InChI=1S/C12H17N3O2S2/c1-7(11(13)15-17)5-14-12(16)10-4-8-6-18-3-2-9(8)19-10/h4,7,17H,2-3,5-6H2,1H3,(H2,13,15)(H,14,16). The maximum atomic E-state index is 12.0. The van der Waals surface area contributed by atoms with Gasteiger partial charge in [-0.15, -0.1) is 11.3 Å². The van der Waals surface area contributed by atoms with E-state index in [1.807, 2.05) is 17.8 Å². The fraction of sp³-hybridized carbons (Fsp3) is 0.500. The highest BCUT2D eigenvalue weighted by molar-refractivity contribution is 7.98. The Morgan fingerprint density at radius 1 is 1.68 bits per heavy atom. The summed E-state index contributed by atoms with van der Waals surface area (Å²) < 4.78 is 0. The number of amidine groups is 1. The van der Waals surface area contributed by atoms with Gasteiger partial charge in [0, 0.05) is 23.1 Å². The molecule has 0 spiro atoms. The minimum Gasteiger partial charge on any atom is -0.409 e. The summed E-state index contributed by atoms with van der Waals surface area (Å²) in [5.41, 5.74) is 6.76. The van der Waals surface area contributed by atoms with Crippen molar-refractivity contribution in [1.29, 1.82) is 0 Å². The average Bonchev–Trinajstić information content (AvgIpc) is 2.87. The zero-order valence-electron chi connectivity index (χ0n) is 10.7. The van der Waals surface area contributed by atoms with Crippen LogP contribution in [-0.4, -0.2) is 29.2 Å². The van der Waals surface area contributed by atoms with Crippen molar-refractivity contribution < 1.29 is 10.0 Å². The molecule has 19 heavy (non-hydrogen) atoms. The van der Waals surface area contributed by atoms with Crippen molar-refractivity contribution in [2.45, 2.75) is 19.1 Å². The smallest absolute Gasteiger partial charge is 0.261 e. The van der Waals surface area contributed by atoms with E-state index in [0.717, 1.165) is 22.8 Å². The van der Waals surface area contributed by atoms with Gasteiger partial charge < -0.3 is 16.3 Å². The van der Waals surface area contributed by atoms with Crippen molar-refractivity contribution in [3.05, 3.63) is 21.4 Å². The topological polar surface area (TPSA) is 87.7 Å². The number of carbonyl (C=O) groups is 1. The summed E-state index contributed by atoms with van der Waals surface area (Å²) in [4.78, 5) is 14.1. The average molecular weight is 299 g/mol. The first-order chi connectivity index (χ1) is 9.11. The number of aryl methyl sites for hydroxylation is 1. The lowest BCUT2D eigenvalue weighted by molar-refractivity contribution is 0.0955. The Kier molecular flexibility index (Phi) is 4.71. The number of hydrogen-bond acceptors (Lipinski definition) is 5. The minimum absolute atomic E-state index is 0.0815. The van der Waals surface area contributed by atoms with Crippen LogP contribution >= 0.6 is 23.1 Å². The number of rotatable bonds is 4. The van der Waals surface area contributed by atoms with Crippen LogP contribution in [0.2, 0.25) is 0 Å². The van der Waals surface area contributed by atoms with Gasteiger partial charge in [0.1, 0.15) is 5.84 Å². The van der Waals surface area contributed by atoms with Gasteiger partial charge in [-0.05, 0) is 23.8 Å². The van der Waals surface area contributed by atoms with E-state index in [2.05, 4.69) is 10.5 Å². The van der Waals surface area contributed by atoms with Gasteiger partial charge in [0.25, 0.3) is 5.91 Å². The third-order valence-corrected chi connectivity index (χ3v) is 5.28. The van der Waals surface area contributed by atoms with E-state index >= 15 is 0 Å². The van der Waals surface area contributed by atoms with Crippen molar-refractivity contribution in [3.8, 4) is 0 Å². The van der Waals surface area contributed by atoms with Gasteiger partial charge in [-0.3, -0.25) is 4.79 Å². The molecule has 1 aliphatic rings. The van der Waals surface area contributed by atoms with E-state index in [4.69, 9.17) is 10.9 Å². The minimum atomic E-state index is -0.181. The van der Waals surface area contributed by atoms with Crippen molar-refractivity contribution in [2.24, 2.45) is 16.8 Å². The molecule has 0 aromatic carbocycles. The fourth-order valence-electron chi connectivity index (χ4n) is 1.80. The van der Waals surface area contributed by atoms with Gasteiger partial charge >= 0.3 is 0 Å². The number of nitrogens with two attached hydrogens (primary N) is 1. The van der Waals surface area contributed by atoms with Crippen molar-refractivity contribution in [1.82, 2.24) is 5.32 Å². The Labute approximate surface area is 120 Å². The number of oxime groups is 1. The molecule has 4 N–H and O–H groups in total. The van der Waals surface area contributed by atoms with E-state index in [-0.39, 0.29) is 17.7 Å². The molecule has 1 aliphatic heterocycles. The zero-order chi connectivity index (χ0) is 13.8. The number of thioether (sulfide) groups is 1. The van der Waals surface area contributed by atoms with Crippen LogP contribution in [-0.2, 0) is 12.2 Å². The van der Waals surface area contributed by atoms with Crippen LogP contribution in [0.4, 0.5) is 0 Å². The fourth-order valence-corrected chi connectivity index (χ4v) is 4.08. The highest BCUT2D eigenvalue weighted by Gasteiger charge is 2.18. The summed E-state index contributed by atoms with van der Waals surface area (Å²) >= 11 is 3.48. The van der Waals surface area contributed by atoms with Crippen LogP contribution in [0.25, 0.3) is 0 Å². The number of amides is 1. The van der Waals surface area contributed by atoms with Gasteiger partial charge in [0.05, 0.1) is 4.88 Å². The zero-order valence-corrected chi connectivity index (χ0v) is 12.3. The van der Waals surface area contributed by atoms with Crippen molar-refractivity contribution in [2.75, 3.05) is 12.3 Å². The Morgan fingerprint density at radius 3 is 3.16 bits per heavy atom. The highest BCUT2D eigenvalue weighted by atomic mass is 32.2. The van der Waals surface area contributed by atoms with E-state index in [1.165, 1.54) is 10.4 Å². The monoisotopic (exact) mass is 299 g/mol. The number of nitrogens with zero attached hydrogens (tertiary/aromatic N) is 1. The SMILES string of the molecule is CC(CNC(=O)c1cc2c(s1)CCSC2)C(N)=NO. The summed E-state index contributed by atoms with van der Waals surface area (Å²) in [7, 11) is 0. The van der Waals surface area contributed by atoms with E-state index < -0.39 is 0 Å². The molecule has 5 nitrogen and oxygen atoms in total. The second kappa shape index (κ2) is 6.29. The number of thiophene rings is 1. The molecule has 0 saturated carbocycles. The molecule has 1 atom stereocenters. The van der Waals surface area contributed by atoms with Gasteiger partial charge in [-0.25, -0.2) is 0 Å². The molecule has 104 valence electrons. The maximum absolute atomic E-state index is 12.0. The first-order valence-electron chi connectivity index (χ1n) is 6.06. The quantitative estimate of drug-likeness (QED) is 0.341. The Morgan fingerprint density at radius 2 is 2.47 bits per heavy atom. The Bertz CT molecular complexity index is 476. The summed E-state index contributed by atoms with van der Waals surface area (Å²) in [6, 6.07) is 1.98. The highest BCUT2D eigenvalue weighted by Crippen LogP contribution is 2.31. The summed E-state index contributed by atoms with van der Waals surface area (Å²) in [5, 5.41) is 14.3. The molecular weight excluding hydrogens is 282 g/mol. The van der Waals surface area contributed by atoms with Crippen molar-refractivity contribution in [3.63, 3.8) is 0 Å². The van der Waals surface area contributed by atoms with E-state index in [9.17, 15) is 4.79 Å². The number of fused-ring (bicyclic) bond motifs is 1. The largest absolute Gasteiger partial charge is 0.409 e. The van der Waals surface area contributed by atoms with Crippen molar-refractivity contribution >= 4 is 34.8 Å². The second-order valence-corrected chi connectivity index (χ2v) is 6.74. The predicted octanol–water partition coefficient (Wildman–Crippen LogP) is 1.65. The maximum Gasteiger partial charge on any atom is 0.261 e. The molecule has 0 bridgehead atoms. The Hall–Kier alpha value is -1.21. The molecule has 1 aromatic rings. The van der Waals surface area contributed by atoms with Crippen LogP contribution in [0.15, 0.2) is 11.2 Å². The molecule has 0 fully saturated rings. The van der Waals surface area contributed by atoms with Gasteiger partial charge in [0.2, 0.25) is 0 Å². The Balaban J connectivity index is 1.95. The van der Waals surface area contributed by atoms with Gasteiger partial charge in [-0.2, -0.15) is 11.8 Å². The van der Waals surface area contributed by atoms with Crippen LogP contribution in [0.1, 0.15) is 27.0 Å². The number of nitrogens with one attached hydrogen (secondary N) is 1. The lowest BCUT2D eigenvalue weighted by Gasteiger charge is -2.10. The molecule has 0 radical (unpaired) electrons. The molecular formula is C12H17N3O2S2. The predicted molar refractivity (Wildman–Crippen MR) is 79.1 cm³/mol. The van der Waals surface area contributed by atoms with Gasteiger partial charge in [-0.1, -0.05) is 12.1 Å². The van der Waals surface area contributed by atoms with Gasteiger partial charge in [0.15, 0.2) is 0 Å². The van der Waals surface area contributed by atoms with Crippen LogP contribution in [0, 0.1) is 5.92 Å². The molecule has 2 rings (SSSR count). The molecule has 1 aromatic heterocycles. The number of carbonyl (C=O) groups excluding carboxylic acids is 1. The molecule has 7 heteroatoms. The van der Waals surface area contributed by atoms with Crippen LogP contribution in [0.5, 0.6) is 0 Å². The lowest BCUT2D eigenvalue weighted by atomic mass is 10.1. The molecule has 1 unspecified atom stereocenters. The molecule has 0 aliphatic carbocycles. The van der Waals surface area contributed by atoms with E-state index in [0.29, 0.717) is 6.54 Å². The lowest BCUT2D eigenvalue weighted by Crippen LogP contribution is -2.34. The normalized spacial score (nSPS) is 16.8. The molecule has 0 saturated heterocycles. The summed E-state index contributed by atoms with van der Waals surface area (Å²) in [6.07, 6.45) is 1.05.